The van der Waals surface area contributed by atoms with Crippen LogP contribution in [0.15, 0.2) is 29.1 Å². The summed E-state index contributed by atoms with van der Waals surface area (Å²) < 4.78 is 1.99. The predicted molar refractivity (Wildman–Crippen MR) is 101 cm³/mol. The topological polar surface area (TPSA) is 49.9 Å². The number of aromatic amines is 1. The summed E-state index contributed by atoms with van der Waals surface area (Å²) in [6.45, 7) is 2.07. The number of aryl methyl sites for hydroxylation is 3. The number of hydrogen-bond donors (Lipinski definition) is 1. The quantitative estimate of drug-likeness (QED) is 0.614. The third-order valence-corrected chi connectivity index (χ3v) is 6.00. The number of pyridine rings is 1. The zero-order chi connectivity index (χ0) is 17.7. The summed E-state index contributed by atoms with van der Waals surface area (Å²) in [6, 6.07) is 8.19. The zero-order valence-electron chi connectivity index (χ0n) is 15.6. The Labute approximate surface area is 165 Å². The average molecular weight is 382 g/mol. The fourth-order valence-corrected chi connectivity index (χ4v) is 4.69. The third-order valence-electron chi connectivity index (χ3n) is 6.00. The molecule has 0 saturated carbocycles. The fourth-order valence-electron chi connectivity index (χ4n) is 4.69. The van der Waals surface area contributed by atoms with Crippen molar-refractivity contribution >= 4 is 5.52 Å². The smallest absolute Gasteiger partial charge is 0.325 e. The van der Waals surface area contributed by atoms with Crippen LogP contribution in [-0.2, 0) is 25.7 Å². The standard InChI is InChI=1S/C22H23N3O.ClH/c1-14-10-12-15(13-11-14)21-23-22(26)20-18-8-3-2-6-16(18)17-7-4-5-9-19(17)25(20)24-21;/h10-13H,2-9H2,1H3;1H. The number of rotatable bonds is 1. The first-order valence-electron chi connectivity index (χ1n) is 9.81. The summed E-state index contributed by atoms with van der Waals surface area (Å²) in [6.07, 6.45) is 9.11. The highest BCUT2D eigenvalue weighted by Crippen LogP contribution is 2.31. The van der Waals surface area contributed by atoms with Gasteiger partial charge in [0, 0.05) is 28.2 Å². The summed E-state index contributed by atoms with van der Waals surface area (Å²) in [5, 5.41) is 4.92. The maximum atomic E-state index is 13.1. The van der Waals surface area contributed by atoms with E-state index in [-0.39, 0.29) is 18.0 Å². The van der Waals surface area contributed by atoms with Gasteiger partial charge in [0.05, 0.1) is 0 Å². The number of H-pyrrole nitrogens is 1. The number of halogens is 1. The van der Waals surface area contributed by atoms with E-state index in [9.17, 15) is 4.79 Å². The van der Waals surface area contributed by atoms with E-state index in [0.717, 1.165) is 36.8 Å². The number of nitrogens with zero attached hydrogens (tertiary/aromatic N) is 2. The number of nitrogens with one attached hydrogen (secondary N) is 1. The highest BCUT2D eigenvalue weighted by Gasteiger charge is 2.32. The predicted octanol–water partition coefficient (Wildman–Crippen LogP) is 0.246. The zero-order valence-corrected chi connectivity index (χ0v) is 16.4. The fraction of sp³-hybridized carbons (Fsp3) is 0.409. The van der Waals surface area contributed by atoms with Gasteiger partial charge in [0.2, 0.25) is 11.5 Å². The number of aromatic nitrogens is 3. The lowest BCUT2D eigenvalue weighted by Crippen LogP contribution is -3.00. The molecule has 2 aromatic heterocycles. The van der Waals surface area contributed by atoms with Gasteiger partial charge in [-0.3, -0.25) is 9.78 Å². The molecule has 27 heavy (non-hydrogen) atoms. The molecule has 0 amide bonds. The Bertz CT molecular complexity index is 1070. The van der Waals surface area contributed by atoms with E-state index in [0.29, 0.717) is 5.82 Å². The molecule has 0 saturated heterocycles. The summed E-state index contributed by atoms with van der Waals surface area (Å²) >= 11 is 0. The lowest BCUT2D eigenvalue weighted by Gasteiger charge is -2.22. The molecule has 0 fully saturated rings. The average Bonchev–Trinajstić information content (AvgIpc) is 2.68. The van der Waals surface area contributed by atoms with Gasteiger partial charge in [0.25, 0.3) is 0 Å². The second kappa shape index (κ2) is 7.08. The Hall–Kier alpha value is -2.20. The summed E-state index contributed by atoms with van der Waals surface area (Å²) in [5.74, 6) is 0.663. The van der Waals surface area contributed by atoms with Crippen molar-refractivity contribution < 1.29 is 16.9 Å². The van der Waals surface area contributed by atoms with Crippen molar-refractivity contribution in [2.45, 2.75) is 58.3 Å². The van der Waals surface area contributed by atoms with E-state index in [2.05, 4.69) is 24.0 Å². The molecule has 0 aliphatic heterocycles. The molecule has 2 heterocycles. The third kappa shape index (κ3) is 2.96. The molecule has 4 nitrogen and oxygen atoms in total. The highest BCUT2D eigenvalue weighted by molar-refractivity contribution is 5.58. The lowest BCUT2D eigenvalue weighted by atomic mass is 9.83. The van der Waals surface area contributed by atoms with Gasteiger partial charge >= 0.3 is 11.1 Å². The van der Waals surface area contributed by atoms with E-state index in [1.807, 2.05) is 16.6 Å². The van der Waals surface area contributed by atoms with E-state index in [1.54, 1.807) is 0 Å². The number of fused-ring (bicyclic) bond motifs is 6. The van der Waals surface area contributed by atoms with Crippen molar-refractivity contribution in [1.29, 1.82) is 0 Å². The summed E-state index contributed by atoms with van der Waals surface area (Å²) in [7, 11) is 0. The second-order valence-corrected chi connectivity index (χ2v) is 7.73. The largest absolute Gasteiger partial charge is 1.00 e. The Kier molecular flexibility index (Phi) is 4.77. The van der Waals surface area contributed by atoms with Gasteiger partial charge in [0.15, 0.2) is 0 Å². The van der Waals surface area contributed by atoms with Crippen LogP contribution in [0.2, 0.25) is 0 Å². The molecule has 2 aliphatic carbocycles. The number of benzene rings is 1. The van der Waals surface area contributed by atoms with Crippen LogP contribution >= 0.6 is 0 Å². The molecule has 5 rings (SSSR count). The van der Waals surface area contributed by atoms with Crippen LogP contribution in [0.5, 0.6) is 0 Å². The molecule has 0 unspecified atom stereocenters. The minimum Gasteiger partial charge on any atom is -1.00 e. The molecular weight excluding hydrogens is 358 g/mol. The highest BCUT2D eigenvalue weighted by atomic mass is 35.5. The van der Waals surface area contributed by atoms with Crippen molar-refractivity contribution in [3.8, 4) is 11.4 Å². The molecule has 140 valence electrons. The van der Waals surface area contributed by atoms with Gasteiger partial charge in [-0.05, 0) is 61.9 Å². The van der Waals surface area contributed by atoms with Crippen molar-refractivity contribution in [1.82, 2.24) is 10.1 Å². The Morgan fingerprint density at radius 2 is 1.52 bits per heavy atom. The maximum absolute atomic E-state index is 13.1. The van der Waals surface area contributed by atoms with Crippen LogP contribution in [0, 0.1) is 6.92 Å². The van der Waals surface area contributed by atoms with Gasteiger partial charge in [-0.2, -0.15) is 0 Å². The van der Waals surface area contributed by atoms with Crippen LogP contribution in [0.4, 0.5) is 0 Å². The molecular formula is C22H24ClN3O. The molecule has 2 aliphatic rings. The van der Waals surface area contributed by atoms with E-state index in [4.69, 9.17) is 5.10 Å². The molecule has 0 bridgehead atoms. The molecule has 1 aromatic carbocycles. The Morgan fingerprint density at radius 3 is 2.26 bits per heavy atom. The minimum atomic E-state index is 0. The van der Waals surface area contributed by atoms with Crippen molar-refractivity contribution in [3.63, 3.8) is 0 Å². The van der Waals surface area contributed by atoms with Crippen LogP contribution < -0.4 is 22.5 Å². The molecule has 0 atom stereocenters. The van der Waals surface area contributed by atoms with Crippen LogP contribution in [0.1, 0.15) is 53.6 Å². The summed E-state index contributed by atoms with van der Waals surface area (Å²) in [5.41, 5.74) is 8.42. The molecule has 1 N–H and O–H groups in total. The van der Waals surface area contributed by atoms with Gasteiger partial charge in [-0.15, -0.1) is 0 Å². The first-order valence-corrected chi connectivity index (χ1v) is 9.81. The van der Waals surface area contributed by atoms with Crippen molar-refractivity contribution in [2.24, 2.45) is 0 Å². The van der Waals surface area contributed by atoms with Gasteiger partial charge in [-0.25, -0.2) is 0 Å². The number of hydrogen-bond acceptors (Lipinski definition) is 2. The maximum Gasteiger partial charge on any atom is 0.325 e. The Balaban J connectivity index is 0.00000180. The first kappa shape index (κ1) is 18.2. The van der Waals surface area contributed by atoms with Crippen LogP contribution in [0.3, 0.4) is 0 Å². The van der Waals surface area contributed by atoms with Crippen LogP contribution in [0.25, 0.3) is 16.9 Å². The second-order valence-electron chi connectivity index (χ2n) is 7.73. The molecule has 5 heteroatoms. The lowest BCUT2D eigenvalue weighted by molar-refractivity contribution is -0.591. The van der Waals surface area contributed by atoms with E-state index in [1.165, 1.54) is 53.6 Å². The van der Waals surface area contributed by atoms with Crippen molar-refractivity contribution in [3.05, 3.63) is 62.6 Å². The Morgan fingerprint density at radius 1 is 0.889 bits per heavy atom. The van der Waals surface area contributed by atoms with Gasteiger partial charge in [0.1, 0.15) is 0 Å². The SMILES string of the molecule is Cc1ccc(-c2n[n+]3c4c(c5c(c3c(=O)[nH]2)CCCC5)CCCC4)cc1.[Cl-]. The van der Waals surface area contributed by atoms with Gasteiger partial charge in [-0.1, -0.05) is 29.8 Å². The van der Waals surface area contributed by atoms with Crippen LogP contribution in [-0.4, -0.2) is 10.1 Å². The van der Waals surface area contributed by atoms with Crippen molar-refractivity contribution in [2.75, 3.05) is 0 Å². The minimum absolute atomic E-state index is 0. The summed E-state index contributed by atoms with van der Waals surface area (Å²) in [4.78, 5) is 16.1. The normalized spacial score (nSPS) is 15.7. The molecule has 0 spiro atoms. The molecule has 0 radical (unpaired) electrons. The monoisotopic (exact) mass is 381 g/mol. The van der Waals surface area contributed by atoms with Gasteiger partial charge < -0.3 is 12.4 Å². The molecule has 3 aromatic rings. The van der Waals surface area contributed by atoms with E-state index >= 15 is 0 Å². The van der Waals surface area contributed by atoms with E-state index < -0.39 is 0 Å². The first-order chi connectivity index (χ1) is 12.7.